The Hall–Kier alpha value is -1.84. The number of pyridine rings is 1. The van der Waals surface area contributed by atoms with Gasteiger partial charge in [-0.3, -0.25) is 0 Å². The molecule has 1 saturated carbocycles. The molecular weight excluding hydrogens is 401 g/mol. The maximum atomic E-state index is 12.6. The quantitative estimate of drug-likeness (QED) is 0.620. The molecule has 2 aromatic rings. The van der Waals surface area contributed by atoms with Gasteiger partial charge in [0.1, 0.15) is 0 Å². The molecule has 6 heteroatoms. The summed E-state index contributed by atoms with van der Waals surface area (Å²) in [5.74, 6) is 1.40. The number of aromatic nitrogens is 1. The predicted octanol–water partition coefficient (Wildman–Crippen LogP) is 3.53. The van der Waals surface area contributed by atoms with Crippen molar-refractivity contribution in [2.24, 2.45) is 0 Å². The van der Waals surface area contributed by atoms with Gasteiger partial charge < -0.3 is 0 Å². The van der Waals surface area contributed by atoms with Crippen molar-refractivity contribution in [1.29, 1.82) is 0 Å². The predicted molar refractivity (Wildman–Crippen MR) is 110 cm³/mol. The van der Waals surface area contributed by atoms with Gasteiger partial charge in [0.2, 0.25) is 0 Å². The van der Waals surface area contributed by atoms with Gasteiger partial charge in [0.05, 0.1) is 0 Å². The van der Waals surface area contributed by atoms with Crippen molar-refractivity contribution in [2.75, 3.05) is 20.1 Å². The number of amides is 1. The van der Waals surface area contributed by atoms with Crippen molar-refractivity contribution < 1.29 is 9.53 Å². The van der Waals surface area contributed by atoms with Gasteiger partial charge in [-0.15, -0.1) is 0 Å². The zero-order chi connectivity index (χ0) is 19.2. The second-order valence-electron chi connectivity index (χ2n) is 7.32. The first-order chi connectivity index (χ1) is 13.0. The van der Waals surface area contributed by atoms with E-state index < -0.39 is 14.7 Å². The zero-order valence-electron chi connectivity index (χ0n) is 16.3. The molecule has 27 heavy (non-hydrogen) atoms. The fourth-order valence-corrected chi connectivity index (χ4v) is 4.92. The molecule has 0 saturated heterocycles. The van der Waals surface area contributed by atoms with Crippen LogP contribution in [0.15, 0.2) is 42.7 Å². The van der Waals surface area contributed by atoms with Gasteiger partial charge in [0.15, 0.2) is 0 Å². The van der Waals surface area contributed by atoms with Crippen molar-refractivity contribution >= 4 is 20.6 Å². The fraction of sp³-hybridized carbons (Fsp3) is 0.429. The number of likely N-dealkylation sites (N-methyl/N-ethyl adjacent to an activating group) is 1. The summed E-state index contributed by atoms with van der Waals surface area (Å²) >= 11 is -0.874. The number of hydrogen-bond acceptors (Lipinski definition) is 4. The van der Waals surface area contributed by atoms with Gasteiger partial charge in [0.25, 0.3) is 0 Å². The van der Waals surface area contributed by atoms with Crippen LogP contribution in [0.3, 0.4) is 0 Å². The van der Waals surface area contributed by atoms with Gasteiger partial charge in [-0.05, 0) is 0 Å². The first-order valence-corrected chi connectivity index (χ1v) is 14.4. The third-order valence-corrected chi connectivity index (χ3v) is 6.64. The van der Waals surface area contributed by atoms with Crippen LogP contribution in [-0.4, -0.2) is 56.6 Å². The number of carbonyl (C=O) groups excluding carboxylic acids is 1. The molecule has 0 spiro atoms. The molecule has 0 aliphatic heterocycles. The molecule has 1 aliphatic carbocycles. The molecule has 1 aromatic carbocycles. The summed E-state index contributed by atoms with van der Waals surface area (Å²) in [6, 6.07) is 10.2. The summed E-state index contributed by atoms with van der Waals surface area (Å²) in [5, 5.41) is 4.06. The number of benzene rings is 1. The second-order valence-corrected chi connectivity index (χ2v) is 12.5. The van der Waals surface area contributed by atoms with Crippen molar-refractivity contribution in [3.05, 3.63) is 53.9 Å². The van der Waals surface area contributed by atoms with E-state index in [0.29, 0.717) is 23.9 Å². The zero-order valence-corrected chi connectivity index (χ0v) is 18.2. The number of hydrogen-bond donors (Lipinski definition) is 1. The molecule has 0 radical (unpaired) electrons. The van der Waals surface area contributed by atoms with Crippen LogP contribution in [0.5, 0.6) is 11.5 Å². The van der Waals surface area contributed by atoms with Gasteiger partial charge >= 0.3 is 166 Å². The summed E-state index contributed by atoms with van der Waals surface area (Å²) in [7, 11) is 2.12. The summed E-state index contributed by atoms with van der Waals surface area (Å²) in [6.45, 7) is 1.54. The Morgan fingerprint density at radius 2 is 2.15 bits per heavy atom. The second kappa shape index (κ2) is 9.38. The molecule has 1 fully saturated rings. The van der Waals surface area contributed by atoms with Crippen LogP contribution in [0.4, 0.5) is 0 Å². The Balaban J connectivity index is 1.69. The Kier molecular flexibility index (Phi) is 6.92. The molecule has 1 amide bonds. The van der Waals surface area contributed by atoms with Crippen LogP contribution in [0, 0.1) is 0 Å². The molecule has 0 bridgehead atoms. The van der Waals surface area contributed by atoms with E-state index in [1.165, 1.54) is 12.8 Å². The summed E-state index contributed by atoms with van der Waals surface area (Å²) in [4.78, 5) is 19.0. The SMILES string of the molecule is CN(CCNC(=O)c1ccc(C[As](C)C)c(Oc2cccnc2)c1)C1CC1. The van der Waals surface area contributed by atoms with Crippen molar-refractivity contribution in [3.63, 3.8) is 0 Å². The van der Waals surface area contributed by atoms with Crippen molar-refractivity contribution in [1.82, 2.24) is 15.2 Å². The van der Waals surface area contributed by atoms with Crippen LogP contribution in [0.25, 0.3) is 0 Å². The topological polar surface area (TPSA) is 54.5 Å². The summed E-state index contributed by atoms with van der Waals surface area (Å²) in [6.07, 6.45) is 5.97. The Morgan fingerprint density at radius 3 is 2.81 bits per heavy atom. The van der Waals surface area contributed by atoms with Crippen molar-refractivity contribution in [3.8, 4) is 11.5 Å². The van der Waals surface area contributed by atoms with Crippen LogP contribution < -0.4 is 10.1 Å². The van der Waals surface area contributed by atoms with E-state index >= 15 is 0 Å². The van der Waals surface area contributed by atoms with E-state index in [9.17, 15) is 4.79 Å². The van der Waals surface area contributed by atoms with Crippen LogP contribution in [0.1, 0.15) is 28.8 Å². The number of nitrogens with zero attached hydrogens (tertiary/aromatic N) is 2. The van der Waals surface area contributed by atoms with Gasteiger partial charge in [-0.2, -0.15) is 0 Å². The van der Waals surface area contributed by atoms with Crippen LogP contribution in [-0.2, 0) is 5.21 Å². The van der Waals surface area contributed by atoms with Crippen LogP contribution >= 0.6 is 0 Å². The Bertz CT molecular complexity index is 763. The van der Waals surface area contributed by atoms with Gasteiger partial charge in [-0.25, -0.2) is 0 Å². The van der Waals surface area contributed by atoms with Gasteiger partial charge in [-0.1, -0.05) is 0 Å². The molecular formula is C21H28AsN3O2. The van der Waals surface area contributed by atoms with Crippen molar-refractivity contribution in [2.45, 2.75) is 35.5 Å². The molecule has 1 N–H and O–H groups in total. The van der Waals surface area contributed by atoms with Gasteiger partial charge in [0, 0.05) is 0 Å². The first kappa shape index (κ1) is 19.9. The monoisotopic (exact) mass is 429 g/mol. The normalized spacial score (nSPS) is 13.8. The molecule has 144 valence electrons. The summed E-state index contributed by atoms with van der Waals surface area (Å²) in [5.41, 5.74) is 6.43. The standard InChI is InChI=1S/C21H28AsN3O2/c1-22(2)14-17-7-6-16(13-20(17)27-19-5-4-10-23-15-19)21(26)24-11-12-25(3)18-8-9-18/h4-7,10,13,15,18H,8-9,11-12,14H2,1-3H3,(H,24,26). The minimum absolute atomic E-state index is 0.0517. The Morgan fingerprint density at radius 1 is 1.33 bits per heavy atom. The van der Waals surface area contributed by atoms with E-state index in [4.69, 9.17) is 4.74 Å². The number of ether oxygens (including phenoxy) is 1. The molecule has 5 nitrogen and oxygen atoms in total. The minimum atomic E-state index is -0.874. The molecule has 0 unspecified atom stereocenters. The molecule has 3 rings (SSSR count). The van der Waals surface area contributed by atoms with E-state index in [1.54, 1.807) is 12.4 Å². The fourth-order valence-electron chi connectivity index (χ4n) is 2.94. The molecule has 1 aliphatic rings. The number of nitrogens with one attached hydrogen (secondary N) is 1. The third kappa shape index (κ3) is 6.08. The number of carbonyl (C=O) groups is 1. The Labute approximate surface area is 166 Å². The van der Waals surface area contributed by atoms with E-state index in [1.807, 2.05) is 30.3 Å². The molecule has 0 atom stereocenters. The third-order valence-electron chi connectivity index (χ3n) is 4.60. The summed E-state index contributed by atoms with van der Waals surface area (Å²) < 4.78 is 6.06. The van der Waals surface area contributed by atoms with Crippen LogP contribution in [0.2, 0.25) is 11.4 Å². The van der Waals surface area contributed by atoms with E-state index in [0.717, 1.165) is 23.1 Å². The average Bonchev–Trinajstić information content (AvgIpc) is 3.48. The van der Waals surface area contributed by atoms with E-state index in [2.05, 4.69) is 33.7 Å². The molecule has 1 aromatic heterocycles. The number of rotatable bonds is 9. The maximum absolute atomic E-state index is 12.6. The first-order valence-electron chi connectivity index (χ1n) is 9.37. The van der Waals surface area contributed by atoms with E-state index in [-0.39, 0.29) is 5.91 Å². The molecule has 1 heterocycles. The average molecular weight is 429 g/mol.